The van der Waals surface area contributed by atoms with Gasteiger partial charge in [0, 0.05) is 25.2 Å². The number of aromatic nitrogens is 3. The number of amides is 2. The number of anilines is 1. The maximum absolute atomic E-state index is 12.3. The van der Waals surface area contributed by atoms with Crippen molar-refractivity contribution in [3.8, 4) is 0 Å². The molecule has 2 aromatic rings. The van der Waals surface area contributed by atoms with E-state index in [-0.39, 0.29) is 30.2 Å². The summed E-state index contributed by atoms with van der Waals surface area (Å²) in [6, 6.07) is 3.49. The second-order valence-corrected chi connectivity index (χ2v) is 6.98. The van der Waals surface area contributed by atoms with Crippen LogP contribution in [0.4, 0.5) is 5.82 Å². The van der Waals surface area contributed by atoms with Crippen LogP contribution in [0.2, 0.25) is 0 Å². The highest BCUT2D eigenvalue weighted by Gasteiger charge is 2.24. The molecule has 1 fully saturated rings. The predicted octanol–water partition coefficient (Wildman–Crippen LogP) is 1.22. The van der Waals surface area contributed by atoms with E-state index < -0.39 is 0 Å². The molecule has 3 rings (SSSR count). The SMILES string of the molecule is CC(C)c1nc(CNC(=O)c2ccc(N3CCC[C@@H](C(N)=O)C3)nc2)no1. The molecule has 0 aliphatic carbocycles. The van der Waals surface area contributed by atoms with E-state index >= 15 is 0 Å². The molecule has 9 heteroatoms. The van der Waals surface area contributed by atoms with Crippen LogP contribution in [-0.4, -0.2) is 40.0 Å². The third-order valence-electron chi connectivity index (χ3n) is 4.54. The van der Waals surface area contributed by atoms with Crippen molar-refractivity contribution < 1.29 is 14.1 Å². The molecule has 2 amide bonds. The first-order valence-corrected chi connectivity index (χ1v) is 9.05. The maximum Gasteiger partial charge on any atom is 0.253 e. The minimum absolute atomic E-state index is 0.141. The van der Waals surface area contributed by atoms with Crippen LogP contribution >= 0.6 is 0 Å². The first-order valence-electron chi connectivity index (χ1n) is 9.05. The molecule has 0 saturated carbocycles. The van der Waals surface area contributed by atoms with Crippen molar-refractivity contribution in [3.05, 3.63) is 35.6 Å². The topological polar surface area (TPSA) is 127 Å². The molecular formula is C18H24N6O3. The fourth-order valence-corrected chi connectivity index (χ4v) is 2.96. The molecule has 0 aromatic carbocycles. The highest BCUT2D eigenvalue weighted by Crippen LogP contribution is 2.21. The standard InChI is InChI=1S/C18H24N6O3/c1-11(2)18-22-14(23-27-18)9-21-17(26)12-5-6-15(20-8-12)24-7-3-4-13(10-24)16(19)25/h5-6,8,11,13H,3-4,7,9-10H2,1-2H3,(H2,19,25)(H,21,26)/t13-/m1/s1. The molecule has 0 unspecified atom stereocenters. The van der Waals surface area contributed by atoms with Crippen LogP contribution in [0.15, 0.2) is 22.9 Å². The van der Waals surface area contributed by atoms with Crippen molar-refractivity contribution in [3.63, 3.8) is 0 Å². The molecule has 3 heterocycles. The number of nitrogens with zero attached hydrogens (tertiary/aromatic N) is 4. The van der Waals surface area contributed by atoms with Gasteiger partial charge < -0.3 is 20.5 Å². The summed E-state index contributed by atoms with van der Waals surface area (Å²) in [5, 5.41) is 6.59. The maximum atomic E-state index is 12.3. The monoisotopic (exact) mass is 372 g/mol. The van der Waals surface area contributed by atoms with Gasteiger partial charge in [0.2, 0.25) is 11.8 Å². The Morgan fingerprint density at radius 2 is 2.22 bits per heavy atom. The van der Waals surface area contributed by atoms with Crippen LogP contribution in [0, 0.1) is 5.92 Å². The van der Waals surface area contributed by atoms with E-state index in [0.29, 0.717) is 23.8 Å². The summed E-state index contributed by atoms with van der Waals surface area (Å²) in [4.78, 5) is 34.3. The van der Waals surface area contributed by atoms with Crippen molar-refractivity contribution in [2.24, 2.45) is 11.7 Å². The fourth-order valence-electron chi connectivity index (χ4n) is 2.96. The van der Waals surface area contributed by atoms with Crippen LogP contribution in [0.5, 0.6) is 0 Å². The Morgan fingerprint density at radius 3 is 2.85 bits per heavy atom. The van der Waals surface area contributed by atoms with Crippen molar-refractivity contribution in [1.82, 2.24) is 20.4 Å². The number of nitrogens with two attached hydrogens (primary N) is 1. The third kappa shape index (κ3) is 4.60. The molecule has 27 heavy (non-hydrogen) atoms. The number of primary amides is 1. The summed E-state index contributed by atoms with van der Waals surface area (Å²) in [5.41, 5.74) is 5.85. The van der Waals surface area contributed by atoms with Gasteiger partial charge in [-0.1, -0.05) is 19.0 Å². The zero-order valence-electron chi connectivity index (χ0n) is 15.5. The van der Waals surface area contributed by atoms with Gasteiger partial charge in [-0.05, 0) is 25.0 Å². The van der Waals surface area contributed by atoms with Crippen LogP contribution in [-0.2, 0) is 11.3 Å². The van der Waals surface area contributed by atoms with Crippen LogP contribution in [0.1, 0.15) is 54.7 Å². The Balaban J connectivity index is 1.57. The predicted molar refractivity (Wildman–Crippen MR) is 97.9 cm³/mol. The lowest BCUT2D eigenvalue weighted by Gasteiger charge is -2.32. The van der Waals surface area contributed by atoms with E-state index in [2.05, 4.69) is 20.4 Å². The van der Waals surface area contributed by atoms with E-state index in [0.717, 1.165) is 25.2 Å². The minimum atomic E-state index is -0.280. The quantitative estimate of drug-likeness (QED) is 0.780. The van der Waals surface area contributed by atoms with E-state index in [4.69, 9.17) is 10.3 Å². The van der Waals surface area contributed by atoms with Gasteiger partial charge in [0.15, 0.2) is 5.82 Å². The molecule has 1 saturated heterocycles. The molecule has 2 aromatic heterocycles. The van der Waals surface area contributed by atoms with Crippen LogP contribution in [0.3, 0.4) is 0 Å². The summed E-state index contributed by atoms with van der Waals surface area (Å²) >= 11 is 0. The number of nitrogens with one attached hydrogen (secondary N) is 1. The van der Waals surface area contributed by atoms with Gasteiger partial charge in [-0.3, -0.25) is 9.59 Å². The van der Waals surface area contributed by atoms with Gasteiger partial charge in [-0.2, -0.15) is 4.98 Å². The van der Waals surface area contributed by atoms with Gasteiger partial charge in [0.05, 0.1) is 18.0 Å². The first kappa shape index (κ1) is 18.8. The Morgan fingerprint density at radius 1 is 1.41 bits per heavy atom. The number of hydrogen-bond acceptors (Lipinski definition) is 7. The van der Waals surface area contributed by atoms with Crippen molar-refractivity contribution in [1.29, 1.82) is 0 Å². The lowest BCUT2D eigenvalue weighted by molar-refractivity contribution is -0.122. The number of hydrogen-bond donors (Lipinski definition) is 2. The first-order chi connectivity index (χ1) is 12.9. The van der Waals surface area contributed by atoms with E-state index in [1.54, 1.807) is 12.1 Å². The molecule has 1 atom stereocenters. The molecule has 144 valence electrons. The summed E-state index contributed by atoms with van der Waals surface area (Å²) in [5.74, 6) is 1.15. The molecule has 0 spiro atoms. The number of piperidine rings is 1. The molecule has 3 N–H and O–H groups in total. The minimum Gasteiger partial charge on any atom is -0.369 e. The lowest BCUT2D eigenvalue weighted by Crippen LogP contribution is -2.41. The average molecular weight is 372 g/mol. The molecular weight excluding hydrogens is 348 g/mol. The van der Waals surface area contributed by atoms with Gasteiger partial charge in [-0.25, -0.2) is 4.98 Å². The number of rotatable bonds is 6. The Labute approximate surface area is 157 Å². The summed E-state index contributed by atoms with van der Waals surface area (Å²) < 4.78 is 5.11. The molecule has 1 aliphatic rings. The number of pyridine rings is 1. The third-order valence-corrected chi connectivity index (χ3v) is 4.54. The van der Waals surface area contributed by atoms with Crippen molar-refractivity contribution in [2.45, 2.75) is 39.2 Å². The second-order valence-electron chi connectivity index (χ2n) is 6.98. The van der Waals surface area contributed by atoms with Gasteiger partial charge >= 0.3 is 0 Å². The van der Waals surface area contributed by atoms with Gasteiger partial charge in [-0.15, -0.1) is 0 Å². The van der Waals surface area contributed by atoms with Gasteiger partial charge in [0.1, 0.15) is 5.82 Å². The zero-order valence-corrected chi connectivity index (χ0v) is 15.5. The Kier molecular flexibility index (Phi) is 5.68. The summed E-state index contributed by atoms with van der Waals surface area (Å²) in [6.07, 6.45) is 3.22. The van der Waals surface area contributed by atoms with Crippen LogP contribution < -0.4 is 16.0 Å². The lowest BCUT2D eigenvalue weighted by atomic mass is 9.97. The highest BCUT2D eigenvalue weighted by molar-refractivity contribution is 5.94. The smallest absolute Gasteiger partial charge is 0.253 e. The van der Waals surface area contributed by atoms with Crippen molar-refractivity contribution in [2.75, 3.05) is 18.0 Å². The summed E-state index contributed by atoms with van der Waals surface area (Å²) in [7, 11) is 0. The van der Waals surface area contributed by atoms with Crippen molar-refractivity contribution >= 4 is 17.6 Å². The normalized spacial score (nSPS) is 17.1. The number of carbonyl (C=O) groups excluding carboxylic acids is 2. The molecule has 1 aliphatic heterocycles. The van der Waals surface area contributed by atoms with E-state index in [9.17, 15) is 9.59 Å². The van der Waals surface area contributed by atoms with E-state index in [1.807, 2.05) is 18.7 Å². The zero-order chi connectivity index (χ0) is 19.4. The molecule has 0 bridgehead atoms. The van der Waals surface area contributed by atoms with Gasteiger partial charge in [0.25, 0.3) is 5.91 Å². The fraction of sp³-hybridized carbons (Fsp3) is 0.500. The van der Waals surface area contributed by atoms with Crippen LogP contribution in [0.25, 0.3) is 0 Å². The van der Waals surface area contributed by atoms with E-state index in [1.165, 1.54) is 6.20 Å². The summed E-state index contributed by atoms with van der Waals surface area (Å²) in [6.45, 7) is 5.47. The Bertz CT molecular complexity index is 802. The number of carbonyl (C=O) groups is 2. The average Bonchev–Trinajstić information content (AvgIpc) is 3.16. The largest absolute Gasteiger partial charge is 0.369 e. The highest BCUT2D eigenvalue weighted by atomic mass is 16.5. The molecule has 0 radical (unpaired) electrons. The second kappa shape index (κ2) is 8.15. The molecule has 9 nitrogen and oxygen atoms in total. The Hall–Kier alpha value is -2.97.